The van der Waals surface area contributed by atoms with Crippen LogP contribution in [-0.4, -0.2) is 46.7 Å². The van der Waals surface area contributed by atoms with Crippen molar-refractivity contribution in [1.82, 2.24) is 5.32 Å². The zero-order valence-corrected chi connectivity index (χ0v) is 18.1. The Morgan fingerprint density at radius 3 is 2.34 bits per heavy atom. The van der Waals surface area contributed by atoms with Gasteiger partial charge in [-0.05, 0) is 53.3 Å². The van der Waals surface area contributed by atoms with Crippen molar-refractivity contribution in [2.45, 2.75) is 51.0 Å². The second-order valence-electron chi connectivity index (χ2n) is 7.69. The highest BCUT2D eigenvalue weighted by Crippen LogP contribution is 2.43. The number of nitrogens with one attached hydrogen (secondary N) is 1. The first kappa shape index (κ1) is 21.6. The van der Waals surface area contributed by atoms with Crippen LogP contribution in [0.4, 0.5) is 0 Å². The summed E-state index contributed by atoms with van der Waals surface area (Å²) in [4.78, 5) is 12.7. The smallest absolute Gasteiger partial charge is 0.220 e. The molecule has 0 fully saturated rings. The quantitative estimate of drug-likeness (QED) is 0.790. The largest absolute Gasteiger partial charge is 0.498 e. The summed E-state index contributed by atoms with van der Waals surface area (Å²) in [6, 6.07) is 5.73. The highest BCUT2D eigenvalue weighted by molar-refractivity contribution is 5.79. The molecule has 0 aliphatic heterocycles. The molecule has 0 spiro atoms. The van der Waals surface area contributed by atoms with Gasteiger partial charge in [0.25, 0.3) is 0 Å². The number of ether oxygens (including phenoxy) is 4. The number of hydrogen-bond acceptors (Lipinski definition) is 6. The number of rotatable bonds is 6. The topological polar surface area (TPSA) is 66.0 Å². The minimum absolute atomic E-state index is 0.0401. The number of hydrogen-bond donors (Lipinski definition) is 1. The van der Waals surface area contributed by atoms with Crippen LogP contribution < -0.4 is 15.5 Å². The molecule has 1 aromatic rings. The Morgan fingerprint density at radius 1 is 1.03 bits per heavy atom. The first-order valence-corrected chi connectivity index (χ1v) is 9.98. The first-order valence-electron chi connectivity index (χ1n) is 9.98. The van der Waals surface area contributed by atoms with Crippen LogP contribution >= 0.6 is 0 Å². The Balaban J connectivity index is 2.29. The Hall–Kier alpha value is -2.15. The predicted octanol–water partition coefficient (Wildman–Crippen LogP) is 3.22. The molecule has 2 aliphatic carbocycles. The van der Waals surface area contributed by atoms with Crippen molar-refractivity contribution in [3.05, 3.63) is 57.0 Å². The summed E-state index contributed by atoms with van der Waals surface area (Å²) >= 11 is 0. The molecule has 0 heterocycles. The Labute approximate surface area is 172 Å². The second kappa shape index (κ2) is 9.11. The molecule has 2 aliphatic rings. The molecule has 6 heteroatoms. The average Bonchev–Trinajstić information content (AvgIpc) is 2.95. The average molecular weight is 402 g/mol. The van der Waals surface area contributed by atoms with E-state index in [0.29, 0.717) is 5.75 Å². The molecule has 1 N–H and O–H groups in total. The second-order valence-corrected chi connectivity index (χ2v) is 7.69. The van der Waals surface area contributed by atoms with Crippen molar-refractivity contribution in [2.75, 3.05) is 28.4 Å². The molecular weight excluding hydrogens is 370 g/mol. The Kier molecular flexibility index (Phi) is 6.77. The van der Waals surface area contributed by atoms with Crippen LogP contribution in [0.25, 0.3) is 5.57 Å². The fourth-order valence-electron chi connectivity index (χ4n) is 4.36. The summed E-state index contributed by atoms with van der Waals surface area (Å²) in [5.74, 6) is 1.07. The third-order valence-electron chi connectivity index (χ3n) is 5.61. The molecule has 6 nitrogen and oxygen atoms in total. The van der Waals surface area contributed by atoms with Gasteiger partial charge in [0.1, 0.15) is 18.0 Å². The molecule has 0 bridgehead atoms. The van der Waals surface area contributed by atoms with E-state index in [-0.39, 0.29) is 29.7 Å². The molecule has 0 radical (unpaired) electrons. The minimum atomic E-state index is -0.356. The van der Waals surface area contributed by atoms with Crippen LogP contribution in [0.5, 0.6) is 5.75 Å². The maximum absolute atomic E-state index is 12.7. The van der Waals surface area contributed by atoms with Gasteiger partial charge < -0.3 is 24.3 Å². The summed E-state index contributed by atoms with van der Waals surface area (Å²) in [5.41, 5.74) is 4.00. The lowest BCUT2D eigenvalue weighted by molar-refractivity contribution is -0.0141. The monoisotopic (exact) mass is 401 g/mol. The maximum atomic E-state index is 12.7. The van der Waals surface area contributed by atoms with Gasteiger partial charge in [0, 0.05) is 26.3 Å². The summed E-state index contributed by atoms with van der Waals surface area (Å²) in [5, 5.41) is 3.62. The van der Waals surface area contributed by atoms with Crippen molar-refractivity contribution in [2.24, 2.45) is 0 Å². The SMILES string of the molecule is COC1=CC2=C(c3ccc(OC)c(=O)cc3C(NC(C)C)CC2)C(OC)C1OC. The lowest BCUT2D eigenvalue weighted by Gasteiger charge is -2.33. The maximum Gasteiger partial charge on any atom is 0.220 e. The van der Waals surface area contributed by atoms with Gasteiger partial charge in [-0.3, -0.25) is 4.79 Å². The molecule has 0 saturated carbocycles. The zero-order valence-electron chi connectivity index (χ0n) is 18.1. The summed E-state index contributed by atoms with van der Waals surface area (Å²) in [6.07, 6.45) is 3.06. The van der Waals surface area contributed by atoms with Crippen molar-refractivity contribution < 1.29 is 18.9 Å². The minimum Gasteiger partial charge on any atom is -0.498 e. The van der Waals surface area contributed by atoms with Crippen molar-refractivity contribution in [3.8, 4) is 5.75 Å². The molecule has 0 aromatic heterocycles. The van der Waals surface area contributed by atoms with E-state index in [1.165, 1.54) is 7.11 Å². The first-order chi connectivity index (χ1) is 13.9. The molecule has 0 amide bonds. The van der Waals surface area contributed by atoms with E-state index in [1.807, 2.05) is 6.07 Å². The van der Waals surface area contributed by atoms with Crippen LogP contribution in [0.3, 0.4) is 0 Å². The van der Waals surface area contributed by atoms with Gasteiger partial charge in [-0.2, -0.15) is 0 Å². The van der Waals surface area contributed by atoms with Crippen LogP contribution in [0.2, 0.25) is 0 Å². The summed E-state index contributed by atoms with van der Waals surface area (Å²) in [6.45, 7) is 4.22. The molecule has 1 aromatic carbocycles. The van der Waals surface area contributed by atoms with Gasteiger partial charge in [0.15, 0.2) is 5.75 Å². The van der Waals surface area contributed by atoms with Crippen LogP contribution in [0.1, 0.15) is 43.9 Å². The van der Waals surface area contributed by atoms with Crippen molar-refractivity contribution in [1.29, 1.82) is 0 Å². The van der Waals surface area contributed by atoms with Gasteiger partial charge in [-0.15, -0.1) is 0 Å². The molecule has 3 rings (SSSR count). The standard InChI is InChI=1S/C23H31NO5/c1-13(2)24-17-9-7-14-11-20(27-4)22(28-5)23(29-6)21(14)15-8-10-19(26-3)18(25)12-16(15)17/h8,10-13,17,22-24H,7,9H2,1-6H3. The predicted molar refractivity (Wildman–Crippen MR) is 113 cm³/mol. The molecule has 3 unspecified atom stereocenters. The Bertz CT molecular complexity index is 874. The normalized spacial score (nSPS) is 23.8. The fraction of sp³-hybridized carbons (Fsp3) is 0.522. The van der Waals surface area contributed by atoms with Gasteiger partial charge in [-0.1, -0.05) is 19.9 Å². The van der Waals surface area contributed by atoms with E-state index in [9.17, 15) is 4.79 Å². The van der Waals surface area contributed by atoms with Gasteiger partial charge in [0.05, 0.1) is 14.2 Å². The van der Waals surface area contributed by atoms with Crippen molar-refractivity contribution >= 4 is 5.57 Å². The van der Waals surface area contributed by atoms with E-state index in [1.54, 1.807) is 33.5 Å². The van der Waals surface area contributed by atoms with Gasteiger partial charge >= 0.3 is 0 Å². The van der Waals surface area contributed by atoms with E-state index >= 15 is 0 Å². The van der Waals surface area contributed by atoms with Crippen LogP contribution in [0.15, 0.2) is 40.4 Å². The number of methoxy groups -OCH3 is 4. The van der Waals surface area contributed by atoms with Crippen LogP contribution in [-0.2, 0) is 14.2 Å². The number of allylic oxidation sites excluding steroid dienone is 2. The summed E-state index contributed by atoms with van der Waals surface area (Å²) in [7, 11) is 6.50. The molecule has 29 heavy (non-hydrogen) atoms. The lowest BCUT2D eigenvalue weighted by Crippen LogP contribution is -2.36. The van der Waals surface area contributed by atoms with Gasteiger partial charge in [-0.25, -0.2) is 0 Å². The third-order valence-corrected chi connectivity index (χ3v) is 5.61. The Morgan fingerprint density at radius 2 is 1.76 bits per heavy atom. The third kappa shape index (κ3) is 4.10. The van der Waals surface area contributed by atoms with Gasteiger partial charge in [0.2, 0.25) is 5.43 Å². The zero-order chi connectivity index (χ0) is 21.1. The van der Waals surface area contributed by atoms with Crippen LogP contribution in [0, 0.1) is 0 Å². The lowest BCUT2D eigenvalue weighted by atomic mass is 9.85. The highest BCUT2D eigenvalue weighted by atomic mass is 16.6. The highest BCUT2D eigenvalue weighted by Gasteiger charge is 2.38. The summed E-state index contributed by atoms with van der Waals surface area (Å²) < 4.78 is 22.5. The van der Waals surface area contributed by atoms with E-state index in [0.717, 1.165) is 40.9 Å². The van der Waals surface area contributed by atoms with E-state index in [4.69, 9.17) is 18.9 Å². The molecular formula is C23H31NO5. The van der Waals surface area contributed by atoms with Crippen molar-refractivity contribution in [3.63, 3.8) is 0 Å². The fourth-order valence-corrected chi connectivity index (χ4v) is 4.36. The molecule has 0 saturated heterocycles. The molecule has 3 atom stereocenters. The number of fused-ring (bicyclic) bond motifs is 2. The van der Waals surface area contributed by atoms with E-state index in [2.05, 4.69) is 25.2 Å². The molecule has 158 valence electrons. The van der Waals surface area contributed by atoms with E-state index < -0.39 is 0 Å².